The van der Waals surface area contributed by atoms with E-state index in [-0.39, 0.29) is 18.9 Å². The maximum atomic E-state index is 12.5. The van der Waals surface area contributed by atoms with Crippen LogP contribution < -0.4 is 16.6 Å². The molecular formula is C21H22N6O3S. The second kappa shape index (κ2) is 8.31. The molecule has 0 aliphatic rings. The number of carbonyl (C=O) groups excluding carboxylic acids is 1. The van der Waals surface area contributed by atoms with Crippen LogP contribution in [-0.4, -0.2) is 29.6 Å². The molecule has 0 aliphatic carbocycles. The molecule has 4 rings (SSSR count). The van der Waals surface area contributed by atoms with Gasteiger partial charge in [0.05, 0.1) is 12.0 Å². The predicted octanol–water partition coefficient (Wildman–Crippen LogP) is 2.15. The fraction of sp³-hybridized carbons (Fsp3) is 0.286. The first kappa shape index (κ1) is 20.7. The van der Waals surface area contributed by atoms with Crippen molar-refractivity contribution in [3.05, 3.63) is 62.4 Å². The summed E-state index contributed by atoms with van der Waals surface area (Å²) in [6, 6.07) is 9.87. The Kier molecular flexibility index (Phi) is 5.55. The van der Waals surface area contributed by atoms with Gasteiger partial charge in [-0.05, 0) is 6.42 Å². The van der Waals surface area contributed by atoms with Gasteiger partial charge in [0.25, 0.3) is 5.56 Å². The second-order valence-corrected chi connectivity index (χ2v) is 8.21. The van der Waals surface area contributed by atoms with Crippen LogP contribution >= 0.6 is 11.3 Å². The fourth-order valence-electron chi connectivity index (χ4n) is 3.44. The molecule has 0 saturated heterocycles. The van der Waals surface area contributed by atoms with Crippen LogP contribution in [0.1, 0.15) is 18.2 Å². The zero-order valence-electron chi connectivity index (χ0n) is 17.5. The number of aromatic nitrogens is 5. The number of fused-ring (bicyclic) bond motifs is 1. The van der Waals surface area contributed by atoms with Crippen molar-refractivity contribution in [3.63, 3.8) is 0 Å². The number of anilines is 1. The van der Waals surface area contributed by atoms with Crippen LogP contribution in [0.25, 0.3) is 22.4 Å². The summed E-state index contributed by atoms with van der Waals surface area (Å²) in [5.74, 6) is -0.209. The van der Waals surface area contributed by atoms with E-state index in [9.17, 15) is 14.4 Å². The van der Waals surface area contributed by atoms with Crippen molar-refractivity contribution in [3.8, 4) is 11.3 Å². The van der Waals surface area contributed by atoms with Gasteiger partial charge in [0.2, 0.25) is 5.91 Å². The molecule has 0 spiro atoms. The molecular weight excluding hydrogens is 416 g/mol. The van der Waals surface area contributed by atoms with E-state index in [0.717, 1.165) is 27.1 Å². The van der Waals surface area contributed by atoms with Crippen LogP contribution in [0.3, 0.4) is 0 Å². The van der Waals surface area contributed by atoms with Gasteiger partial charge in [-0.15, -0.1) is 11.3 Å². The van der Waals surface area contributed by atoms with Gasteiger partial charge < -0.3 is 9.88 Å². The molecule has 0 bridgehead atoms. The normalized spacial score (nSPS) is 11.2. The minimum absolute atomic E-state index is 0.138. The van der Waals surface area contributed by atoms with E-state index in [4.69, 9.17) is 0 Å². The minimum atomic E-state index is -0.440. The summed E-state index contributed by atoms with van der Waals surface area (Å²) in [5.41, 5.74) is 1.62. The zero-order valence-corrected chi connectivity index (χ0v) is 18.3. The lowest BCUT2D eigenvalue weighted by atomic mass is 10.1. The van der Waals surface area contributed by atoms with Crippen molar-refractivity contribution in [1.29, 1.82) is 0 Å². The molecule has 0 radical (unpaired) electrons. The average molecular weight is 439 g/mol. The highest BCUT2D eigenvalue weighted by molar-refractivity contribution is 7.16. The third-order valence-electron chi connectivity index (χ3n) is 5.11. The molecule has 1 N–H and O–H groups in total. The smallest absolute Gasteiger partial charge is 0.324 e. The van der Waals surface area contributed by atoms with Crippen LogP contribution in [0, 0.1) is 0 Å². The number of benzene rings is 1. The van der Waals surface area contributed by atoms with Crippen molar-refractivity contribution in [2.24, 2.45) is 14.1 Å². The van der Waals surface area contributed by atoms with Crippen LogP contribution in [0.5, 0.6) is 0 Å². The number of hydrogen-bond donors (Lipinski definition) is 1. The van der Waals surface area contributed by atoms with Crippen molar-refractivity contribution in [1.82, 2.24) is 23.7 Å². The number of nitrogens with one attached hydrogen (secondary N) is 1. The third kappa shape index (κ3) is 3.81. The predicted molar refractivity (Wildman–Crippen MR) is 120 cm³/mol. The molecule has 10 heteroatoms. The van der Waals surface area contributed by atoms with Gasteiger partial charge in [0.15, 0.2) is 16.3 Å². The minimum Gasteiger partial charge on any atom is -0.324 e. The topological polar surface area (TPSA) is 104 Å². The summed E-state index contributed by atoms with van der Waals surface area (Å²) in [6.07, 6.45) is 2.44. The van der Waals surface area contributed by atoms with Crippen LogP contribution in [0.4, 0.5) is 5.13 Å². The van der Waals surface area contributed by atoms with E-state index in [2.05, 4.69) is 22.2 Å². The Bertz CT molecular complexity index is 1380. The van der Waals surface area contributed by atoms with Crippen molar-refractivity contribution >= 4 is 33.5 Å². The summed E-state index contributed by atoms with van der Waals surface area (Å²) in [6.45, 7) is 2.32. The number of imidazole rings is 1. The first-order valence-electron chi connectivity index (χ1n) is 9.86. The third-order valence-corrected chi connectivity index (χ3v) is 6.22. The summed E-state index contributed by atoms with van der Waals surface area (Å²) >= 11 is 1.46. The molecule has 3 aromatic heterocycles. The first-order chi connectivity index (χ1) is 14.9. The van der Waals surface area contributed by atoms with E-state index in [1.165, 1.54) is 29.3 Å². The van der Waals surface area contributed by atoms with Gasteiger partial charge in [0.1, 0.15) is 0 Å². The van der Waals surface area contributed by atoms with Gasteiger partial charge >= 0.3 is 5.69 Å². The zero-order chi connectivity index (χ0) is 22.1. The Morgan fingerprint density at radius 2 is 1.87 bits per heavy atom. The van der Waals surface area contributed by atoms with Crippen LogP contribution in [0.2, 0.25) is 0 Å². The van der Waals surface area contributed by atoms with Crippen LogP contribution in [-0.2, 0) is 31.9 Å². The number of nitrogens with zero attached hydrogens (tertiary/aromatic N) is 5. The van der Waals surface area contributed by atoms with Crippen molar-refractivity contribution in [2.75, 3.05) is 5.32 Å². The molecule has 160 valence electrons. The maximum absolute atomic E-state index is 12.5. The number of amides is 1. The van der Waals surface area contributed by atoms with E-state index < -0.39 is 11.2 Å². The molecule has 0 atom stereocenters. The molecule has 9 nitrogen and oxygen atoms in total. The van der Waals surface area contributed by atoms with E-state index >= 15 is 0 Å². The average Bonchev–Trinajstić information content (AvgIpc) is 3.39. The molecule has 0 saturated carbocycles. The summed E-state index contributed by atoms with van der Waals surface area (Å²) < 4.78 is 3.96. The maximum Gasteiger partial charge on any atom is 0.332 e. The monoisotopic (exact) mass is 438 g/mol. The summed E-state index contributed by atoms with van der Waals surface area (Å²) in [5, 5.41) is 3.41. The molecule has 0 aliphatic heterocycles. The summed E-state index contributed by atoms with van der Waals surface area (Å²) in [7, 11) is 2.98. The van der Waals surface area contributed by atoms with Gasteiger partial charge in [-0.25, -0.2) is 14.8 Å². The highest BCUT2D eigenvalue weighted by Gasteiger charge is 2.16. The summed E-state index contributed by atoms with van der Waals surface area (Å²) in [4.78, 5) is 47.0. The molecule has 4 aromatic rings. The van der Waals surface area contributed by atoms with E-state index in [1.807, 2.05) is 30.3 Å². The van der Waals surface area contributed by atoms with Gasteiger partial charge in [-0.2, -0.15) is 0 Å². The number of hydrogen-bond acceptors (Lipinski definition) is 6. The Labute approximate surface area is 181 Å². The van der Waals surface area contributed by atoms with Gasteiger partial charge in [-0.1, -0.05) is 37.3 Å². The standard InChI is InChI=1S/C21H22N6O3S/c1-4-14-16(13-8-6-5-7-9-13)24-20(31-14)23-15(28)10-11-27-12-22-18-17(27)19(29)26(3)21(30)25(18)2/h5-9,12H,4,10-11H2,1-3H3,(H,23,24,28). The number of aryl methyl sites for hydroxylation is 3. The lowest BCUT2D eigenvalue weighted by Crippen LogP contribution is -2.37. The Hall–Kier alpha value is -3.53. The second-order valence-electron chi connectivity index (χ2n) is 7.12. The largest absolute Gasteiger partial charge is 0.332 e. The lowest BCUT2D eigenvalue weighted by Gasteiger charge is -2.06. The van der Waals surface area contributed by atoms with Crippen LogP contribution in [0.15, 0.2) is 46.2 Å². The Morgan fingerprint density at radius 1 is 1.13 bits per heavy atom. The van der Waals surface area contributed by atoms with Gasteiger partial charge in [0, 0.05) is 37.5 Å². The van der Waals surface area contributed by atoms with Crippen molar-refractivity contribution < 1.29 is 4.79 Å². The molecule has 0 fully saturated rings. The highest BCUT2D eigenvalue weighted by Crippen LogP contribution is 2.31. The first-order valence-corrected chi connectivity index (χ1v) is 10.7. The fourth-order valence-corrected chi connectivity index (χ4v) is 4.38. The molecule has 0 unspecified atom stereocenters. The van der Waals surface area contributed by atoms with Gasteiger partial charge in [-0.3, -0.25) is 18.7 Å². The Morgan fingerprint density at radius 3 is 2.58 bits per heavy atom. The van der Waals surface area contributed by atoms with E-state index in [0.29, 0.717) is 16.3 Å². The molecule has 3 heterocycles. The quantitative estimate of drug-likeness (QED) is 0.497. The number of rotatable bonds is 6. The number of thiazole rings is 1. The Balaban J connectivity index is 1.52. The van der Waals surface area contributed by atoms with Crippen molar-refractivity contribution in [2.45, 2.75) is 26.3 Å². The van der Waals surface area contributed by atoms with E-state index in [1.54, 1.807) is 11.6 Å². The molecule has 31 heavy (non-hydrogen) atoms. The highest BCUT2D eigenvalue weighted by atomic mass is 32.1. The molecule has 1 amide bonds. The molecule has 1 aromatic carbocycles. The number of carbonyl (C=O) groups is 1. The SMILES string of the molecule is CCc1sc(NC(=O)CCn2cnc3c2c(=O)n(C)c(=O)n3C)nc1-c1ccccc1. The lowest BCUT2D eigenvalue weighted by molar-refractivity contribution is -0.116.